The molecule has 0 aliphatic carbocycles. The smallest absolute Gasteiger partial charge is 0.405 e. The molecule has 1 aromatic rings. The predicted molar refractivity (Wildman–Crippen MR) is 82.6 cm³/mol. The Balaban J connectivity index is 3.18. The van der Waals surface area contributed by atoms with Gasteiger partial charge in [-0.1, -0.05) is 0 Å². The third-order valence-corrected chi connectivity index (χ3v) is 5.47. The summed E-state index contributed by atoms with van der Waals surface area (Å²) in [6.45, 7) is 0.603. The largest absolute Gasteiger partial charge is 0.506 e. The van der Waals surface area contributed by atoms with Gasteiger partial charge >= 0.3 is 21.3 Å². The maximum Gasteiger partial charge on any atom is 0.405 e. The van der Waals surface area contributed by atoms with Gasteiger partial charge in [0.25, 0.3) is 0 Å². The van der Waals surface area contributed by atoms with E-state index in [0.717, 1.165) is 0 Å². The van der Waals surface area contributed by atoms with E-state index in [-0.39, 0.29) is 24.7 Å². The quantitative estimate of drug-likeness (QED) is 0.453. The third-order valence-electron chi connectivity index (χ3n) is 2.45. The van der Waals surface area contributed by atoms with Crippen LogP contribution in [0.4, 0.5) is 8.78 Å². The first-order valence-electron chi connectivity index (χ1n) is 5.23. The van der Waals surface area contributed by atoms with Crippen LogP contribution in [0.1, 0.15) is 17.3 Å². The van der Waals surface area contributed by atoms with Crippen LogP contribution in [0.5, 0.6) is 5.75 Å². The number of hydrogen-bond donors (Lipinski definition) is 2. The van der Waals surface area contributed by atoms with Gasteiger partial charge in [-0.3, -0.25) is 4.55 Å². The maximum atomic E-state index is 13.3. The second kappa shape index (κ2) is 6.67. The fourth-order valence-electron chi connectivity index (χ4n) is 1.26. The summed E-state index contributed by atoms with van der Waals surface area (Å²) < 4.78 is 60.9. The van der Waals surface area contributed by atoms with Crippen LogP contribution in [0.2, 0.25) is 0 Å². The summed E-state index contributed by atoms with van der Waals surface area (Å²) in [7, 11) is -5.76. The molecule has 12 heteroatoms. The number of hydrogen-bond acceptors (Lipinski definition) is 5. The van der Waals surface area contributed by atoms with E-state index in [1.54, 1.807) is 0 Å². The Hall–Kier alpha value is -0.300. The van der Waals surface area contributed by atoms with Crippen LogP contribution in [0.15, 0.2) is 19.5 Å². The van der Waals surface area contributed by atoms with Crippen molar-refractivity contribution in [1.82, 2.24) is 0 Å². The number of carbonyl (C=O) groups is 1. The molecule has 0 saturated heterocycles. The second-order valence-electron chi connectivity index (χ2n) is 3.96. The molecule has 1 aromatic carbocycles. The molecule has 1 atom stereocenters. The highest BCUT2D eigenvalue weighted by atomic mass is 79.9. The number of alkyl halides is 2. The normalized spacial score (nSPS) is 13.8. The highest BCUT2D eigenvalue weighted by Gasteiger charge is 2.52. The summed E-state index contributed by atoms with van der Waals surface area (Å²) in [5.74, 6) is -1.72. The molecule has 2 N–H and O–H groups in total. The molecule has 0 radical (unpaired) electrons. The molecule has 0 saturated carbocycles. The molecule has 6 nitrogen and oxygen atoms in total. The van der Waals surface area contributed by atoms with Crippen molar-refractivity contribution in [3.63, 3.8) is 0 Å². The van der Waals surface area contributed by atoms with Crippen LogP contribution in [-0.4, -0.2) is 35.4 Å². The number of ether oxygens (including phenoxy) is 1. The topological polar surface area (TPSA) is 101 Å². The molecule has 0 amide bonds. The molecule has 0 bridgehead atoms. The van der Waals surface area contributed by atoms with Gasteiger partial charge in [0.2, 0.25) is 0 Å². The molecule has 1 unspecified atom stereocenters. The number of aromatic hydroxyl groups is 1. The Morgan fingerprint density at radius 2 is 1.82 bits per heavy atom. The molecular weight excluding hydrogens is 526 g/mol. The summed E-state index contributed by atoms with van der Waals surface area (Å²) in [6, 6.07) is 1.27. The van der Waals surface area contributed by atoms with Gasteiger partial charge in [0.05, 0.1) is 14.5 Å². The van der Waals surface area contributed by atoms with Crippen LogP contribution >= 0.6 is 47.8 Å². The lowest BCUT2D eigenvalue weighted by atomic mass is 10.2. The zero-order valence-corrected chi connectivity index (χ0v) is 16.1. The van der Waals surface area contributed by atoms with Crippen molar-refractivity contribution < 1.29 is 36.4 Å². The predicted octanol–water partition coefficient (Wildman–Crippen LogP) is 3.71. The lowest BCUT2D eigenvalue weighted by Gasteiger charge is -2.21. The molecule has 0 aliphatic rings. The van der Waals surface area contributed by atoms with Gasteiger partial charge in [0, 0.05) is 4.47 Å². The lowest BCUT2D eigenvalue weighted by molar-refractivity contribution is -0.0551. The van der Waals surface area contributed by atoms with Crippen molar-refractivity contribution in [2.45, 2.75) is 18.3 Å². The van der Waals surface area contributed by atoms with Gasteiger partial charge in [-0.05, 0) is 60.8 Å². The van der Waals surface area contributed by atoms with Gasteiger partial charge < -0.3 is 9.84 Å². The number of benzene rings is 1. The minimum atomic E-state index is -5.76. The first-order valence-corrected chi connectivity index (χ1v) is 9.04. The molecular formula is C10H7Br3F2O6S. The molecule has 0 spiro atoms. The monoisotopic (exact) mass is 530 g/mol. The van der Waals surface area contributed by atoms with E-state index in [4.69, 9.17) is 4.55 Å². The maximum absolute atomic E-state index is 13.3. The fourth-order valence-corrected chi connectivity index (χ4v) is 4.18. The van der Waals surface area contributed by atoms with Crippen LogP contribution in [-0.2, 0) is 14.9 Å². The first-order chi connectivity index (χ1) is 9.80. The van der Waals surface area contributed by atoms with Crippen molar-refractivity contribution in [2.24, 2.45) is 0 Å². The molecule has 0 heterocycles. The zero-order valence-electron chi connectivity index (χ0n) is 10.5. The molecule has 0 aromatic heterocycles. The van der Waals surface area contributed by atoms with E-state index in [0.29, 0.717) is 6.92 Å². The average Bonchev–Trinajstić information content (AvgIpc) is 2.34. The number of esters is 1. The van der Waals surface area contributed by atoms with Gasteiger partial charge in [-0.25, -0.2) is 4.79 Å². The number of phenols is 1. The SMILES string of the molecule is CC(OC(=O)c1c(Br)cc(Br)c(O)c1Br)C(F)(F)S(=O)(=O)O. The van der Waals surface area contributed by atoms with Crippen molar-refractivity contribution in [2.75, 3.05) is 0 Å². The van der Waals surface area contributed by atoms with Crippen molar-refractivity contribution in [1.29, 1.82) is 0 Å². The summed E-state index contributed by atoms with van der Waals surface area (Å²) >= 11 is 8.88. The third kappa shape index (κ3) is 3.78. The van der Waals surface area contributed by atoms with Crippen LogP contribution in [0, 0.1) is 0 Å². The van der Waals surface area contributed by atoms with Crippen molar-refractivity contribution in [3.8, 4) is 5.75 Å². The number of phenolic OH excluding ortho intramolecular Hbond substituents is 1. The van der Waals surface area contributed by atoms with Crippen LogP contribution in [0.25, 0.3) is 0 Å². The van der Waals surface area contributed by atoms with E-state index in [1.807, 2.05) is 0 Å². The van der Waals surface area contributed by atoms with Crippen molar-refractivity contribution in [3.05, 3.63) is 25.0 Å². The van der Waals surface area contributed by atoms with Crippen LogP contribution in [0.3, 0.4) is 0 Å². The summed E-state index contributed by atoms with van der Waals surface area (Å²) in [4.78, 5) is 11.9. The van der Waals surface area contributed by atoms with E-state index in [9.17, 15) is 27.1 Å². The second-order valence-corrected chi connectivity index (χ2v) is 7.96. The van der Waals surface area contributed by atoms with E-state index < -0.39 is 27.4 Å². The Labute approximate surface area is 149 Å². The summed E-state index contributed by atoms with van der Waals surface area (Å²) in [6.07, 6.45) is -2.46. The first kappa shape index (κ1) is 19.7. The average molecular weight is 533 g/mol. The van der Waals surface area contributed by atoms with Crippen LogP contribution < -0.4 is 0 Å². The highest BCUT2D eigenvalue weighted by Crippen LogP contribution is 2.40. The minimum absolute atomic E-state index is 0.0939. The Bertz CT molecular complexity index is 722. The Kier molecular flexibility index (Phi) is 5.99. The van der Waals surface area contributed by atoms with Gasteiger partial charge in [-0.2, -0.15) is 17.2 Å². The Morgan fingerprint density at radius 3 is 2.27 bits per heavy atom. The van der Waals surface area contributed by atoms with Crippen molar-refractivity contribution >= 4 is 63.9 Å². The van der Waals surface area contributed by atoms with E-state index in [2.05, 4.69) is 52.5 Å². The molecule has 1 rings (SSSR count). The molecule has 124 valence electrons. The fraction of sp³-hybridized carbons (Fsp3) is 0.300. The number of halogens is 5. The van der Waals surface area contributed by atoms with Gasteiger partial charge in [0.1, 0.15) is 5.75 Å². The molecule has 0 aliphatic heterocycles. The zero-order chi connectivity index (χ0) is 17.5. The standard InChI is InChI=1S/C10H7Br3F2O6S/c1-3(10(14,15)22(18,19)20)21-9(17)6-4(11)2-5(12)8(16)7(6)13/h2-3,16H,1H3,(H,18,19,20). The number of rotatable bonds is 4. The van der Waals surface area contributed by atoms with E-state index in [1.165, 1.54) is 6.07 Å². The van der Waals surface area contributed by atoms with E-state index >= 15 is 0 Å². The molecule has 0 fully saturated rings. The van der Waals surface area contributed by atoms with Gasteiger partial charge in [-0.15, -0.1) is 0 Å². The highest BCUT2D eigenvalue weighted by molar-refractivity contribution is 9.11. The summed E-state index contributed by atoms with van der Waals surface area (Å²) in [5, 5.41) is 5.00. The minimum Gasteiger partial charge on any atom is -0.506 e. The van der Waals surface area contributed by atoms with Gasteiger partial charge in [0.15, 0.2) is 6.10 Å². The molecule has 22 heavy (non-hydrogen) atoms. The summed E-state index contributed by atoms with van der Waals surface area (Å²) in [5.41, 5.74) is -0.335. The lowest BCUT2D eigenvalue weighted by Crippen LogP contribution is -2.42. The Morgan fingerprint density at radius 1 is 1.32 bits per heavy atom. The number of carbonyl (C=O) groups excluding carboxylic acids is 1.